The summed E-state index contributed by atoms with van der Waals surface area (Å²) < 4.78 is 4.26. The number of urea groups is 1. The number of rotatable bonds is 1. The number of carbonyl (C=O) groups excluding carboxylic acids is 2. The maximum Gasteiger partial charge on any atom is 0.425 e. The van der Waals surface area contributed by atoms with E-state index in [4.69, 9.17) is 11.6 Å². The molecule has 1 rings (SSSR count). The molecule has 3 amide bonds. The minimum atomic E-state index is -0.758. The SMILES string of the molecule is COC(=O)NNC(=O)Nc1ccc(Cl)cc1. The zero-order valence-electron chi connectivity index (χ0n) is 8.41. The summed E-state index contributed by atoms with van der Waals surface area (Å²) in [6.45, 7) is 0. The van der Waals surface area contributed by atoms with Crippen LogP contribution in [0.3, 0.4) is 0 Å². The molecule has 6 nitrogen and oxygen atoms in total. The van der Waals surface area contributed by atoms with Crippen LogP contribution in [0.4, 0.5) is 15.3 Å². The molecule has 0 aliphatic rings. The summed E-state index contributed by atoms with van der Waals surface area (Å²) in [6, 6.07) is 5.92. The van der Waals surface area contributed by atoms with Gasteiger partial charge in [-0.2, -0.15) is 0 Å². The Kier molecular flexibility index (Phi) is 4.41. The van der Waals surface area contributed by atoms with E-state index in [2.05, 4.69) is 15.5 Å². The number of methoxy groups -OCH3 is 1. The van der Waals surface area contributed by atoms with E-state index in [0.717, 1.165) is 0 Å². The Bertz CT molecular complexity index is 380. The Morgan fingerprint density at radius 3 is 2.38 bits per heavy atom. The summed E-state index contributed by atoms with van der Waals surface area (Å²) in [5.74, 6) is 0. The Labute approximate surface area is 96.9 Å². The monoisotopic (exact) mass is 243 g/mol. The van der Waals surface area contributed by atoms with Crippen molar-refractivity contribution in [2.75, 3.05) is 12.4 Å². The van der Waals surface area contributed by atoms with Crippen LogP contribution < -0.4 is 16.2 Å². The lowest BCUT2D eigenvalue weighted by atomic mass is 10.3. The number of carbonyl (C=O) groups is 2. The van der Waals surface area contributed by atoms with Gasteiger partial charge in [-0.15, -0.1) is 0 Å². The maximum absolute atomic E-state index is 11.2. The number of hydrogen-bond donors (Lipinski definition) is 3. The first kappa shape index (κ1) is 12.1. The first-order chi connectivity index (χ1) is 7.61. The van der Waals surface area contributed by atoms with Crippen LogP contribution in [0.2, 0.25) is 5.02 Å². The predicted octanol–water partition coefficient (Wildman–Crippen LogP) is 1.73. The lowest BCUT2D eigenvalue weighted by molar-refractivity contribution is 0.166. The van der Waals surface area contributed by atoms with Crippen molar-refractivity contribution in [3.8, 4) is 0 Å². The second-order valence-corrected chi connectivity index (χ2v) is 3.14. The molecule has 0 heterocycles. The van der Waals surface area contributed by atoms with Crippen molar-refractivity contribution in [2.45, 2.75) is 0 Å². The van der Waals surface area contributed by atoms with Crippen molar-refractivity contribution in [3.63, 3.8) is 0 Å². The van der Waals surface area contributed by atoms with Gasteiger partial charge in [0.15, 0.2) is 0 Å². The van der Waals surface area contributed by atoms with E-state index >= 15 is 0 Å². The Morgan fingerprint density at radius 2 is 1.81 bits per heavy atom. The third kappa shape index (κ3) is 4.05. The fourth-order valence-corrected chi connectivity index (χ4v) is 0.980. The van der Waals surface area contributed by atoms with Crippen LogP contribution in [0.5, 0.6) is 0 Å². The summed E-state index contributed by atoms with van der Waals surface area (Å²) in [6.07, 6.45) is -0.758. The van der Waals surface area contributed by atoms with Gasteiger partial charge >= 0.3 is 12.1 Å². The van der Waals surface area contributed by atoms with E-state index in [1.807, 2.05) is 5.43 Å². The van der Waals surface area contributed by atoms with Gasteiger partial charge in [-0.05, 0) is 24.3 Å². The molecule has 0 radical (unpaired) electrons. The van der Waals surface area contributed by atoms with Crippen molar-refractivity contribution < 1.29 is 14.3 Å². The molecule has 0 aromatic heterocycles. The van der Waals surface area contributed by atoms with Crippen LogP contribution in [0.25, 0.3) is 0 Å². The molecule has 0 unspecified atom stereocenters. The highest BCUT2D eigenvalue weighted by Crippen LogP contribution is 2.12. The number of anilines is 1. The minimum absolute atomic E-state index is 0.550. The number of benzene rings is 1. The van der Waals surface area contributed by atoms with Crippen molar-refractivity contribution >= 4 is 29.4 Å². The van der Waals surface area contributed by atoms with Crippen LogP contribution in [0.15, 0.2) is 24.3 Å². The van der Waals surface area contributed by atoms with Gasteiger partial charge in [0, 0.05) is 10.7 Å². The van der Waals surface area contributed by atoms with E-state index in [-0.39, 0.29) is 0 Å². The largest absolute Gasteiger partial charge is 0.452 e. The van der Waals surface area contributed by atoms with Crippen LogP contribution in [0.1, 0.15) is 0 Å². The van der Waals surface area contributed by atoms with Crippen molar-refractivity contribution in [1.29, 1.82) is 0 Å². The maximum atomic E-state index is 11.2. The topological polar surface area (TPSA) is 79.5 Å². The summed E-state index contributed by atoms with van der Waals surface area (Å²) >= 11 is 5.67. The molecule has 0 aliphatic heterocycles. The minimum Gasteiger partial charge on any atom is -0.452 e. The zero-order chi connectivity index (χ0) is 12.0. The molecule has 16 heavy (non-hydrogen) atoms. The molecule has 0 saturated heterocycles. The van der Waals surface area contributed by atoms with Crippen LogP contribution in [0, 0.1) is 0 Å². The van der Waals surface area contributed by atoms with Gasteiger partial charge in [0.1, 0.15) is 0 Å². The molecule has 0 saturated carbocycles. The quantitative estimate of drug-likeness (QED) is 0.657. The van der Waals surface area contributed by atoms with E-state index < -0.39 is 12.1 Å². The fraction of sp³-hybridized carbons (Fsp3) is 0.111. The highest BCUT2D eigenvalue weighted by molar-refractivity contribution is 6.30. The fourth-order valence-electron chi connectivity index (χ4n) is 0.854. The Hall–Kier alpha value is -1.95. The Balaban J connectivity index is 2.40. The third-order valence-corrected chi connectivity index (χ3v) is 1.82. The molecule has 1 aromatic rings. The number of amides is 3. The molecule has 0 spiro atoms. The van der Waals surface area contributed by atoms with Gasteiger partial charge in [-0.25, -0.2) is 20.4 Å². The lowest BCUT2D eigenvalue weighted by Crippen LogP contribution is -2.43. The molecule has 0 fully saturated rings. The van der Waals surface area contributed by atoms with Crippen molar-refractivity contribution in [3.05, 3.63) is 29.3 Å². The van der Waals surface area contributed by atoms with Gasteiger partial charge < -0.3 is 10.1 Å². The predicted molar refractivity (Wildman–Crippen MR) is 59.1 cm³/mol. The average molecular weight is 244 g/mol. The molecule has 3 N–H and O–H groups in total. The standard InChI is InChI=1S/C9H10ClN3O3/c1-16-9(15)13-12-8(14)11-7-4-2-6(10)3-5-7/h2-5H,1H3,(H,13,15)(H2,11,12,14). The van der Waals surface area contributed by atoms with Gasteiger partial charge in [0.2, 0.25) is 0 Å². The second kappa shape index (κ2) is 5.82. The van der Waals surface area contributed by atoms with Crippen molar-refractivity contribution in [1.82, 2.24) is 10.9 Å². The molecule has 7 heteroatoms. The molecule has 86 valence electrons. The van der Waals surface area contributed by atoms with Crippen LogP contribution in [-0.2, 0) is 4.74 Å². The normalized spacial score (nSPS) is 9.12. The van der Waals surface area contributed by atoms with Crippen molar-refractivity contribution in [2.24, 2.45) is 0 Å². The van der Waals surface area contributed by atoms with Crippen LogP contribution >= 0.6 is 11.6 Å². The number of halogens is 1. The highest BCUT2D eigenvalue weighted by Gasteiger charge is 2.03. The summed E-state index contributed by atoms with van der Waals surface area (Å²) in [5.41, 5.74) is 4.65. The Morgan fingerprint density at radius 1 is 1.19 bits per heavy atom. The van der Waals surface area contributed by atoms with E-state index in [9.17, 15) is 9.59 Å². The number of hydrazine groups is 1. The number of ether oxygens (including phenoxy) is 1. The van der Waals surface area contributed by atoms with Gasteiger partial charge in [0.25, 0.3) is 0 Å². The first-order valence-corrected chi connectivity index (χ1v) is 4.66. The molecule has 0 bridgehead atoms. The number of nitrogens with one attached hydrogen (secondary N) is 3. The average Bonchev–Trinajstić information content (AvgIpc) is 2.29. The summed E-state index contributed by atoms with van der Waals surface area (Å²) in [7, 11) is 1.19. The van der Waals surface area contributed by atoms with Gasteiger partial charge in [-0.3, -0.25) is 0 Å². The van der Waals surface area contributed by atoms with Gasteiger partial charge in [0.05, 0.1) is 7.11 Å². The zero-order valence-corrected chi connectivity index (χ0v) is 9.17. The van der Waals surface area contributed by atoms with Crippen LogP contribution in [-0.4, -0.2) is 19.2 Å². The molecule has 1 aromatic carbocycles. The second-order valence-electron chi connectivity index (χ2n) is 2.70. The van der Waals surface area contributed by atoms with E-state index in [1.54, 1.807) is 24.3 Å². The first-order valence-electron chi connectivity index (χ1n) is 4.28. The summed E-state index contributed by atoms with van der Waals surface area (Å²) in [4.78, 5) is 21.8. The molecular weight excluding hydrogens is 234 g/mol. The van der Waals surface area contributed by atoms with E-state index in [0.29, 0.717) is 10.7 Å². The highest BCUT2D eigenvalue weighted by atomic mass is 35.5. The summed E-state index contributed by atoms with van der Waals surface area (Å²) in [5, 5.41) is 3.04. The molecular formula is C9H10ClN3O3. The van der Waals surface area contributed by atoms with E-state index in [1.165, 1.54) is 7.11 Å². The van der Waals surface area contributed by atoms with Gasteiger partial charge in [-0.1, -0.05) is 11.6 Å². The number of hydrogen-bond acceptors (Lipinski definition) is 3. The molecule has 0 atom stereocenters. The smallest absolute Gasteiger partial charge is 0.425 e. The molecule has 0 aliphatic carbocycles. The lowest BCUT2D eigenvalue weighted by Gasteiger charge is -2.07. The third-order valence-electron chi connectivity index (χ3n) is 1.57.